The number of aliphatic hydroxyl groups is 1. The largest absolute Gasteiger partial charge is 0.389 e. The quantitative estimate of drug-likeness (QED) is 0.546. The van der Waals surface area contributed by atoms with Crippen molar-refractivity contribution in [3.8, 4) is 0 Å². The van der Waals surface area contributed by atoms with Gasteiger partial charge < -0.3 is 5.11 Å². The molecule has 0 aliphatic heterocycles. The Bertz CT molecular complexity index is 265. The maximum Gasteiger partial charge on any atom is 0.223 e. The molecule has 0 saturated carbocycles. The van der Waals surface area contributed by atoms with Gasteiger partial charge in [0.2, 0.25) is 5.28 Å². The van der Waals surface area contributed by atoms with Crippen LogP contribution in [0.25, 0.3) is 0 Å². The van der Waals surface area contributed by atoms with Crippen LogP contribution in [0.2, 0.25) is 10.4 Å². The molecule has 0 radical (unpaired) electrons. The predicted octanol–water partition coefficient (Wildman–Crippen LogP) is 1.84. The van der Waals surface area contributed by atoms with E-state index in [1.165, 1.54) is 6.20 Å². The highest BCUT2D eigenvalue weighted by Gasteiger charge is 2.08. The van der Waals surface area contributed by atoms with E-state index in [0.717, 1.165) is 0 Å². The molecule has 0 aromatic carbocycles. The average molecular weight is 193 g/mol. The molecular weight excluding hydrogens is 187 g/mol. The average Bonchev–Trinajstić information content (AvgIpc) is 1.85. The minimum absolute atomic E-state index is 0.0828. The Morgan fingerprint density at radius 3 is 2.64 bits per heavy atom. The van der Waals surface area contributed by atoms with Crippen molar-refractivity contribution in [3.63, 3.8) is 0 Å². The molecule has 1 aromatic heterocycles. The van der Waals surface area contributed by atoms with Crippen molar-refractivity contribution < 1.29 is 5.11 Å². The second-order valence-electron chi connectivity index (χ2n) is 2.06. The first-order chi connectivity index (χ1) is 5.11. The Hall–Kier alpha value is -0.380. The summed E-state index contributed by atoms with van der Waals surface area (Å²) in [5.41, 5.74) is 0.482. The van der Waals surface area contributed by atoms with Gasteiger partial charge in [-0.25, -0.2) is 9.97 Å². The lowest BCUT2D eigenvalue weighted by Crippen LogP contribution is -1.96. The van der Waals surface area contributed by atoms with Crippen LogP contribution in [0, 0.1) is 0 Å². The third-order valence-corrected chi connectivity index (χ3v) is 1.67. The lowest BCUT2D eigenvalue weighted by atomic mass is 10.2. The minimum Gasteiger partial charge on any atom is -0.389 e. The van der Waals surface area contributed by atoms with E-state index in [-0.39, 0.29) is 10.4 Å². The summed E-state index contributed by atoms with van der Waals surface area (Å²) < 4.78 is 0. The van der Waals surface area contributed by atoms with Gasteiger partial charge in [0.1, 0.15) is 5.15 Å². The van der Waals surface area contributed by atoms with Gasteiger partial charge in [0, 0.05) is 11.8 Å². The van der Waals surface area contributed by atoms with Crippen molar-refractivity contribution in [1.82, 2.24) is 9.97 Å². The highest BCUT2D eigenvalue weighted by atomic mass is 35.5. The van der Waals surface area contributed by atoms with Gasteiger partial charge in [0.25, 0.3) is 0 Å². The van der Waals surface area contributed by atoms with Gasteiger partial charge in [0.05, 0.1) is 6.10 Å². The maximum atomic E-state index is 9.09. The van der Waals surface area contributed by atoms with Gasteiger partial charge in [-0.05, 0) is 18.5 Å². The highest BCUT2D eigenvalue weighted by Crippen LogP contribution is 2.20. The molecule has 0 spiro atoms. The first-order valence-corrected chi connectivity index (χ1v) is 3.73. The summed E-state index contributed by atoms with van der Waals surface area (Å²) in [6.07, 6.45) is 0.738. The van der Waals surface area contributed by atoms with Crippen LogP contribution < -0.4 is 0 Å². The summed E-state index contributed by atoms with van der Waals surface area (Å²) in [6, 6.07) is 0. The monoisotopic (exact) mass is 192 g/mol. The molecule has 5 heteroatoms. The fourth-order valence-electron chi connectivity index (χ4n) is 0.631. The molecule has 1 aromatic rings. The standard InChI is InChI=1S/C6H6Cl2N2O/c1-3(11)4-2-9-6(8)10-5(4)7/h2-3,11H,1H3. The van der Waals surface area contributed by atoms with Crippen LogP contribution in [0.4, 0.5) is 0 Å². The van der Waals surface area contributed by atoms with Crippen molar-refractivity contribution in [2.45, 2.75) is 13.0 Å². The van der Waals surface area contributed by atoms with Gasteiger partial charge in [-0.2, -0.15) is 0 Å². The topological polar surface area (TPSA) is 46.0 Å². The van der Waals surface area contributed by atoms with E-state index in [1.54, 1.807) is 6.92 Å². The lowest BCUT2D eigenvalue weighted by molar-refractivity contribution is 0.198. The molecule has 3 nitrogen and oxygen atoms in total. The number of nitrogens with zero attached hydrogens (tertiary/aromatic N) is 2. The van der Waals surface area contributed by atoms with Crippen molar-refractivity contribution in [1.29, 1.82) is 0 Å². The molecule has 1 rings (SSSR count). The molecule has 1 N–H and O–H groups in total. The molecule has 60 valence electrons. The lowest BCUT2D eigenvalue weighted by Gasteiger charge is -2.04. The fraction of sp³-hybridized carbons (Fsp3) is 0.333. The molecule has 0 amide bonds. The van der Waals surface area contributed by atoms with E-state index >= 15 is 0 Å². The normalized spacial score (nSPS) is 13.1. The molecule has 1 heterocycles. The third kappa shape index (κ3) is 2.02. The Balaban J connectivity index is 3.09. The van der Waals surface area contributed by atoms with E-state index in [4.69, 9.17) is 28.3 Å². The van der Waals surface area contributed by atoms with Crippen LogP contribution in [0.3, 0.4) is 0 Å². The number of aliphatic hydroxyl groups excluding tert-OH is 1. The van der Waals surface area contributed by atoms with E-state index < -0.39 is 6.10 Å². The predicted molar refractivity (Wildman–Crippen MR) is 42.7 cm³/mol. The van der Waals surface area contributed by atoms with Gasteiger partial charge in [-0.3, -0.25) is 0 Å². The van der Waals surface area contributed by atoms with Crippen LogP contribution in [-0.2, 0) is 0 Å². The molecular formula is C6H6Cl2N2O. The molecule has 0 aliphatic carbocycles. The van der Waals surface area contributed by atoms with Gasteiger partial charge >= 0.3 is 0 Å². The van der Waals surface area contributed by atoms with Crippen molar-refractivity contribution in [2.24, 2.45) is 0 Å². The summed E-state index contributed by atoms with van der Waals surface area (Å²) >= 11 is 11.1. The zero-order chi connectivity index (χ0) is 8.43. The number of hydrogen-bond donors (Lipinski definition) is 1. The zero-order valence-electron chi connectivity index (χ0n) is 5.75. The number of hydrogen-bond acceptors (Lipinski definition) is 3. The molecule has 11 heavy (non-hydrogen) atoms. The Morgan fingerprint density at radius 1 is 1.55 bits per heavy atom. The van der Waals surface area contributed by atoms with Crippen LogP contribution >= 0.6 is 23.2 Å². The first kappa shape index (κ1) is 8.71. The Morgan fingerprint density at radius 2 is 2.18 bits per heavy atom. The van der Waals surface area contributed by atoms with E-state index in [9.17, 15) is 0 Å². The minimum atomic E-state index is -0.667. The Labute approximate surface area is 74.0 Å². The van der Waals surface area contributed by atoms with E-state index in [2.05, 4.69) is 9.97 Å². The summed E-state index contributed by atoms with van der Waals surface area (Å²) in [7, 11) is 0. The summed E-state index contributed by atoms with van der Waals surface area (Å²) in [5, 5.41) is 9.37. The van der Waals surface area contributed by atoms with E-state index in [1.807, 2.05) is 0 Å². The fourth-order valence-corrected chi connectivity index (χ4v) is 1.09. The van der Waals surface area contributed by atoms with Crippen LogP contribution in [0.15, 0.2) is 6.20 Å². The number of rotatable bonds is 1. The molecule has 1 atom stereocenters. The summed E-state index contributed by atoms with van der Waals surface area (Å²) in [6.45, 7) is 1.58. The van der Waals surface area contributed by atoms with Gasteiger partial charge in [-0.1, -0.05) is 11.6 Å². The van der Waals surface area contributed by atoms with Crippen molar-refractivity contribution in [2.75, 3.05) is 0 Å². The Kier molecular flexibility index (Phi) is 2.65. The van der Waals surface area contributed by atoms with Gasteiger partial charge in [0.15, 0.2) is 0 Å². The molecule has 0 bridgehead atoms. The summed E-state index contributed by atoms with van der Waals surface area (Å²) in [5.74, 6) is 0. The highest BCUT2D eigenvalue weighted by molar-refractivity contribution is 6.32. The second kappa shape index (κ2) is 3.34. The van der Waals surface area contributed by atoms with Crippen molar-refractivity contribution >= 4 is 23.2 Å². The van der Waals surface area contributed by atoms with Crippen LogP contribution in [0.1, 0.15) is 18.6 Å². The van der Waals surface area contributed by atoms with Crippen LogP contribution in [-0.4, -0.2) is 15.1 Å². The molecule has 1 unspecified atom stereocenters. The molecule has 0 aliphatic rings. The SMILES string of the molecule is CC(O)c1cnc(Cl)nc1Cl. The number of aromatic nitrogens is 2. The van der Waals surface area contributed by atoms with Crippen molar-refractivity contribution in [3.05, 3.63) is 22.2 Å². The molecule has 0 fully saturated rings. The summed E-state index contributed by atoms with van der Waals surface area (Å²) in [4.78, 5) is 7.33. The third-order valence-electron chi connectivity index (χ3n) is 1.19. The second-order valence-corrected chi connectivity index (χ2v) is 2.76. The number of halogens is 2. The smallest absolute Gasteiger partial charge is 0.223 e. The van der Waals surface area contributed by atoms with Gasteiger partial charge in [-0.15, -0.1) is 0 Å². The van der Waals surface area contributed by atoms with Crippen LogP contribution in [0.5, 0.6) is 0 Å². The first-order valence-electron chi connectivity index (χ1n) is 2.97. The van der Waals surface area contributed by atoms with E-state index in [0.29, 0.717) is 5.56 Å². The zero-order valence-corrected chi connectivity index (χ0v) is 7.26. The maximum absolute atomic E-state index is 9.09. The molecule has 0 saturated heterocycles.